The van der Waals surface area contributed by atoms with E-state index < -0.39 is 8.07 Å². The number of methoxy groups -OCH3 is 1. The second kappa shape index (κ2) is 5.74. The van der Waals surface area contributed by atoms with E-state index in [4.69, 9.17) is 4.74 Å². The SMILES string of the molecule is COC(=O)[C@@H](C1=CCCC1)[Si](C)(C)c1ccccc1. The summed E-state index contributed by atoms with van der Waals surface area (Å²) in [5.41, 5.74) is 1.26. The van der Waals surface area contributed by atoms with Crippen LogP contribution in [-0.4, -0.2) is 21.2 Å². The van der Waals surface area contributed by atoms with Gasteiger partial charge in [-0.2, -0.15) is 0 Å². The Morgan fingerprint density at radius 1 is 1.26 bits per heavy atom. The van der Waals surface area contributed by atoms with Gasteiger partial charge < -0.3 is 4.74 Å². The van der Waals surface area contributed by atoms with Crippen molar-refractivity contribution in [1.29, 1.82) is 0 Å². The van der Waals surface area contributed by atoms with Gasteiger partial charge in [0.1, 0.15) is 8.07 Å². The smallest absolute Gasteiger partial charge is 0.310 e. The molecule has 0 aromatic heterocycles. The maximum absolute atomic E-state index is 12.3. The summed E-state index contributed by atoms with van der Waals surface area (Å²) < 4.78 is 5.09. The lowest BCUT2D eigenvalue weighted by Crippen LogP contribution is -2.49. The van der Waals surface area contributed by atoms with Crippen LogP contribution in [0.2, 0.25) is 18.6 Å². The molecule has 0 radical (unpaired) electrons. The molecular formula is C16H22O2Si. The molecule has 0 fully saturated rings. The predicted molar refractivity (Wildman–Crippen MR) is 81.3 cm³/mol. The first kappa shape index (κ1) is 14.1. The van der Waals surface area contributed by atoms with Gasteiger partial charge in [-0.25, -0.2) is 0 Å². The lowest BCUT2D eigenvalue weighted by atomic mass is 10.1. The van der Waals surface area contributed by atoms with Crippen LogP contribution < -0.4 is 5.19 Å². The highest BCUT2D eigenvalue weighted by molar-refractivity contribution is 6.93. The average Bonchev–Trinajstić information content (AvgIpc) is 2.93. The number of hydrogen-bond donors (Lipinski definition) is 0. The highest BCUT2D eigenvalue weighted by Gasteiger charge is 2.42. The molecule has 3 heteroatoms. The number of allylic oxidation sites excluding steroid dienone is 1. The van der Waals surface area contributed by atoms with Crippen molar-refractivity contribution in [2.45, 2.75) is 37.9 Å². The Bertz CT molecular complexity index is 477. The minimum atomic E-state index is -1.90. The normalized spacial score (nSPS) is 16.9. The van der Waals surface area contributed by atoms with Crippen LogP contribution in [0.25, 0.3) is 0 Å². The fraction of sp³-hybridized carbons (Fsp3) is 0.438. The quantitative estimate of drug-likeness (QED) is 0.478. The average molecular weight is 274 g/mol. The maximum atomic E-state index is 12.3. The van der Waals surface area contributed by atoms with Crippen molar-refractivity contribution >= 4 is 19.2 Å². The van der Waals surface area contributed by atoms with Crippen LogP contribution in [-0.2, 0) is 9.53 Å². The van der Waals surface area contributed by atoms with E-state index in [1.807, 2.05) is 6.07 Å². The Labute approximate surface area is 116 Å². The van der Waals surface area contributed by atoms with E-state index in [1.54, 1.807) is 0 Å². The van der Waals surface area contributed by atoms with Gasteiger partial charge in [0, 0.05) is 0 Å². The van der Waals surface area contributed by atoms with Gasteiger partial charge in [0.2, 0.25) is 0 Å². The van der Waals surface area contributed by atoms with Gasteiger partial charge in [-0.15, -0.1) is 0 Å². The van der Waals surface area contributed by atoms with Gasteiger partial charge in [-0.1, -0.05) is 60.3 Å². The zero-order chi connectivity index (χ0) is 13.9. The summed E-state index contributed by atoms with van der Waals surface area (Å²) in [5.74, 6) is -0.0614. The molecule has 1 aliphatic rings. The summed E-state index contributed by atoms with van der Waals surface area (Å²) in [6.07, 6.45) is 5.56. The molecule has 0 spiro atoms. The second-order valence-corrected chi connectivity index (χ2v) is 10.3. The minimum absolute atomic E-state index is 0.0394. The molecule has 1 aromatic carbocycles. The Kier molecular flexibility index (Phi) is 4.25. The molecular weight excluding hydrogens is 252 g/mol. The third-order valence-electron chi connectivity index (χ3n) is 4.12. The van der Waals surface area contributed by atoms with Crippen molar-refractivity contribution in [2.24, 2.45) is 0 Å². The third-order valence-corrected chi connectivity index (χ3v) is 7.99. The Balaban J connectivity index is 2.39. The van der Waals surface area contributed by atoms with Gasteiger partial charge in [0.05, 0.1) is 12.7 Å². The van der Waals surface area contributed by atoms with Crippen LogP contribution in [0.5, 0.6) is 0 Å². The van der Waals surface area contributed by atoms with E-state index in [0.29, 0.717) is 0 Å². The Morgan fingerprint density at radius 2 is 1.95 bits per heavy atom. The molecule has 102 valence electrons. The molecule has 19 heavy (non-hydrogen) atoms. The van der Waals surface area contributed by atoms with Crippen molar-refractivity contribution < 1.29 is 9.53 Å². The maximum Gasteiger partial charge on any atom is 0.310 e. The number of esters is 1. The number of ether oxygens (including phenoxy) is 1. The first-order valence-electron chi connectivity index (χ1n) is 6.89. The predicted octanol–water partition coefficient (Wildman–Crippen LogP) is 3.26. The van der Waals surface area contributed by atoms with Gasteiger partial charge in [-0.3, -0.25) is 4.79 Å². The van der Waals surface area contributed by atoms with Crippen LogP contribution in [0.3, 0.4) is 0 Å². The molecule has 0 amide bonds. The van der Waals surface area contributed by atoms with Crippen LogP contribution in [0.4, 0.5) is 0 Å². The first-order valence-corrected chi connectivity index (χ1v) is 9.97. The lowest BCUT2D eigenvalue weighted by molar-refractivity contribution is -0.139. The van der Waals surface area contributed by atoms with E-state index in [2.05, 4.69) is 43.4 Å². The number of carbonyl (C=O) groups excluding carboxylic acids is 1. The Hall–Kier alpha value is -1.35. The van der Waals surface area contributed by atoms with Gasteiger partial charge in [0.15, 0.2) is 0 Å². The fourth-order valence-corrected chi connectivity index (χ4v) is 6.30. The number of benzene rings is 1. The van der Waals surface area contributed by atoms with Crippen molar-refractivity contribution in [3.8, 4) is 0 Å². The van der Waals surface area contributed by atoms with E-state index in [9.17, 15) is 4.79 Å². The molecule has 1 atom stereocenters. The first-order chi connectivity index (χ1) is 9.07. The van der Waals surface area contributed by atoms with Crippen LogP contribution in [0.15, 0.2) is 42.0 Å². The molecule has 0 bridgehead atoms. The van der Waals surface area contributed by atoms with Crippen molar-refractivity contribution in [3.63, 3.8) is 0 Å². The minimum Gasteiger partial charge on any atom is -0.469 e. The summed E-state index contributed by atoms with van der Waals surface area (Å²) in [6, 6.07) is 10.4. The van der Waals surface area contributed by atoms with Gasteiger partial charge >= 0.3 is 5.97 Å². The topological polar surface area (TPSA) is 26.3 Å². The van der Waals surface area contributed by atoms with Gasteiger partial charge in [-0.05, 0) is 19.3 Å². The molecule has 0 unspecified atom stereocenters. The lowest BCUT2D eigenvalue weighted by Gasteiger charge is -2.32. The molecule has 0 saturated carbocycles. The molecule has 0 heterocycles. The van der Waals surface area contributed by atoms with Crippen LogP contribution in [0, 0.1) is 0 Å². The number of rotatable bonds is 4. The fourth-order valence-electron chi connectivity index (χ4n) is 3.02. The molecule has 0 saturated heterocycles. The standard InChI is InChI=1S/C16H22O2Si/c1-18-16(17)15(13-9-7-8-10-13)19(2,3)14-11-5-4-6-12-14/h4-6,9,11-12,15H,7-8,10H2,1-3H3/t15-/m1/s1. The highest BCUT2D eigenvalue weighted by atomic mass is 28.3. The molecule has 1 aliphatic carbocycles. The third kappa shape index (κ3) is 2.81. The Morgan fingerprint density at radius 3 is 2.47 bits per heavy atom. The molecule has 2 nitrogen and oxygen atoms in total. The van der Waals surface area contributed by atoms with Crippen molar-refractivity contribution in [3.05, 3.63) is 42.0 Å². The molecule has 0 N–H and O–H groups in total. The summed E-state index contributed by atoms with van der Waals surface area (Å²) in [4.78, 5) is 12.3. The largest absolute Gasteiger partial charge is 0.469 e. The van der Waals surface area contributed by atoms with E-state index >= 15 is 0 Å². The molecule has 0 aliphatic heterocycles. The summed E-state index contributed by atoms with van der Waals surface area (Å²) >= 11 is 0. The second-order valence-electron chi connectivity index (χ2n) is 5.72. The van der Waals surface area contributed by atoms with E-state index in [1.165, 1.54) is 24.3 Å². The van der Waals surface area contributed by atoms with Crippen LogP contribution in [0.1, 0.15) is 19.3 Å². The monoisotopic (exact) mass is 274 g/mol. The zero-order valence-electron chi connectivity index (χ0n) is 12.0. The molecule has 2 rings (SSSR count). The zero-order valence-corrected chi connectivity index (χ0v) is 13.0. The molecule has 1 aromatic rings. The van der Waals surface area contributed by atoms with Crippen molar-refractivity contribution in [1.82, 2.24) is 0 Å². The number of carbonyl (C=O) groups is 1. The highest BCUT2D eigenvalue weighted by Crippen LogP contribution is 2.37. The van der Waals surface area contributed by atoms with Gasteiger partial charge in [0.25, 0.3) is 0 Å². The number of hydrogen-bond acceptors (Lipinski definition) is 2. The van der Waals surface area contributed by atoms with Crippen molar-refractivity contribution in [2.75, 3.05) is 7.11 Å². The van der Waals surface area contributed by atoms with Crippen LogP contribution >= 0.6 is 0 Å². The summed E-state index contributed by atoms with van der Waals surface area (Å²) in [5, 5.41) is 1.32. The van der Waals surface area contributed by atoms with E-state index in [-0.39, 0.29) is 11.5 Å². The van der Waals surface area contributed by atoms with E-state index in [0.717, 1.165) is 12.8 Å². The summed E-state index contributed by atoms with van der Waals surface area (Å²) in [6.45, 7) is 4.53. The summed E-state index contributed by atoms with van der Waals surface area (Å²) in [7, 11) is -0.400.